The van der Waals surface area contributed by atoms with E-state index in [2.05, 4.69) is 0 Å². The van der Waals surface area contributed by atoms with E-state index in [-0.39, 0.29) is 78.0 Å². The molecule has 0 fully saturated rings. The number of nitrogens with two attached hydrogens (primary N) is 2. The predicted molar refractivity (Wildman–Crippen MR) is 120 cm³/mol. The Morgan fingerprint density at radius 2 is 0.645 bits per heavy atom. The van der Waals surface area contributed by atoms with Crippen LogP contribution in [0.2, 0.25) is 0 Å². The summed E-state index contributed by atoms with van der Waals surface area (Å²) < 4.78 is 0. The first kappa shape index (κ1) is 57.8. The molecular formula is C13H32Cl4N4O8Pt2+8. The smallest absolute Gasteiger partial charge is 0.693 e. The van der Waals surface area contributed by atoms with Crippen LogP contribution in [0, 0.1) is 0 Å². The maximum atomic E-state index is 9.35. The van der Waals surface area contributed by atoms with E-state index in [4.69, 9.17) is 78.3 Å². The molecule has 0 radical (unpaired) electrons. The second-order valence-electron chi connectivity index (χ2n) is 3.79. The van der Waals surface area contributed by atoms with Crippen molar-refractivity contribution in [2.75, 3.05) is 36.6 Å². The van der Waals surface area contributed by atoms with E-state index in [0.29, 0.717) is 13.1 Å². The van der Waals surface area contributed by atoms with Crippen molar-refractivity contribution in [3.8, 4) is 0 Å². The molecular weight excluding hydrogens is 872 g/mol. The van der Waals surface area contributed by atoms with Crippen LogP contribution in [0.5, 0.6) is 0 Å². The summed E-state index contributed by atoms with van der Waals surface area (Å²) in [6, 6.07) is 0. The molecule has 0 heterocycles. The summed E-state index contributed by atoms with van der Waals surface area (Å²) in [4.78, 5) is 37.4. The largest absolute Gasteiger partial charge is 4.00 e. The van der Waals surface area contributed by atoms with Gasteiger partial charge in [-0.05, 0) is 0 Å². The summed E-state index contributed by atoms with van der Waals surface area (Å²) >= 11 is 19.2. The molecule has 0 aromatic rings. The Morgan fingerprint density at radius 1 is 0.516 bits per heavy atom. The van der Waals surface area contributed by atoms with Crippen molar-refractivity contribution < 1.29 is 81.7 Å². The van der Waals surface area contributed by atoms with Crippen LogP contribution in [0.4, 0.5) is 0 Å². The van der Waals surface area contributed by atoms with Crippen LogP contribution in [-0.4, -0.2) is 80.9 Å². The molecule has 0 aromatic carbocycles. The normalized spacial score (nSPS) is 6.90. The standard InChI is InChI=1S/C5H12N2.4C2H3ClO2.2H2N.2Pt/c6-4-2-1-3-5-7;4*3-1-2(4)5;;;;/h6-7H,1-5H2;4*1H2,(H,4,5);2*1H2;;/q-2;;;;;2*-1;2*+4/p+4. The molecule has 0 aliphatic heterocycles. The van der Waals surface area contributed by atoms with Crippen molar-refractivity contribution in [3.63, 3.8) is 0 Å². The zero-order chi connectivity index (χ0) is 22.7. The van der Waals surface area contributed by atoms with Crippen LogP contribution >= 0.6 is 46.4 Å². The Labute approximate surface area is 230 Å². The molecule has 0 bridgehead atoms. The van der Waals surface area contributed by atoms with Gasteiger partial charge in [0.15, 0.2) is 23.5 Å². The molecule has 31 heavy (non-hydrogen) atoms. The van der Waals surface area contributed by atoms with E-state index >= 15 is 0 Å². The fourth-order valence-electron chi connectivity index (χ4n) is 0.427. The Hall–Kier alpha value is 0.257. The quantitative estimate of drug-likeness (QED) is 0.199. The number of halogens is 4. The molecule has 0 saturated heterocycles. The van der Waals surface area contributed by atoms with Crippen LogP contribution < -0.4 is 0 Å². The molecule has 0 atom stereocenters. The molecule has 192 valence electrons. The van der Waals surface area contributed by atoms with Gasteiger partial charge < -0.3 is 44.2 Å². The molecule has 14 N–H and O–H groups in total. The van der Waals surface area contributed by atoms with E-state index in [0.717, 1.165) is 19.3 Å². The molecule has 0 aliphatic rings. The number of alkyl halides is 4. The maximum Gasteiger partial charge on any atom is 4.00 e. The van der Waals surface area contributed by atoms with E-state index in [9.17, 15) is 19.2 Å². The minimum absolute atomic E-state index is 0. The number of unbranched alkanes of at least 4 members (excludes halogenated alkanes) is 2. The Bertz CT molecular complexity index is 320. The van der Waals surface area contributed by atoms with Crippen LogP contribution in [0.3, 0.4) is 0 Å². The minimum Gasteiger partial charge on any atom is -0.693 e. The molecule has 0 aromatic heterocycles. The zero-order valence-corrected chi connectivity index (χ0v) is 23.9. The first-order chi connectivity index (χ1) is 12.5. The fraction of sp³-hybridized carbons (Fsp3) is 0.692. The van der Waals surface area contributed by atoms with Gasteiger partial charge in [-0.3, -0.25) is 0 Å². The number of rotatable bonds is 8. The van der Waals surface area contributed by atoms with Crippen molar-refractivity contribution in [2.45, 2.75) is 19.3 Å². The van der Waals surface area contributed by atoms with E-state index in [1.54, 1.807) is 0 Å². The van der Waals surface area contributed by atoms with Gasteiger partial charge in [0.2, 0.25) is 0 Å². The summed E-state index contributed by atoms with van der Waals surface area (Å²) in [5, 5.41) is 24.2. The average molecular weight is 904 g/mol. The summed E-state index contributed by atoms with van der Waals surface area (Å²) in [6.45, 7) is 1.06. The molecule has 0 spiro atoms. The first-order valence-corrected chi connectivity index (χ1v) is 9.14. The van der Waals surface area contributed by atoms with Crippen molar-refractivity contribution in [3.05, 3.63) is 23.8 Å². The maximum absolute atomic E-state index is 9.35. The molecule has 12 nitrogen and oxygen atoms in total. The summed E-state index contributed by atoms with van der Waals surface area (Å²) in [6.07, 6.45) is 3.00. The summed E-state index contributed by atoms with van der Waals surface area (Å²) in [5.41, 5.74) is 13.4. The first-order valence-electron chi connectivity index (χ1n) is 7.01. The van der Waals surface area contributed by atoms with Gasteiger partial charge in [0.1, 0.15) is 0 Å². The second kappa shape index (κ2) is 57.3. The van der Waals surface area contributed by atoms with Gasteiger partial charge in [0.05, 0.1) is 0 Å². The van der Waals surface area contributed by atoms with Gasteiger partial charge >= 0.3 is 66.0 Å². The van der Waals surface area contributed by atoms with E-state index in [1.165, 1.54) is 0 Å². The summed E-state index contributed by atoms with van der Waals surface area (Å²) in [7, 11) is 0. The molecule has 0 unspecified atom stereocenters. The van der Waals surface area contributed by atoms with Crippen molar-refractivity contribution in [1.82, 2.24) is 0 Å². The Balaban J connectivity index is -0.0000000272. The number of hydrogen-bond acceptors (Lipinski definition) is 4. The van der Waals surface area contributed by atoms with Crippen molar-refractivity contribution in [2.24, 2.45) is 0 Å². The van der Waals surface area contributed by atoms with E-state index in [1.807, 2.05) is 0 Å². The van der Waals surface area contributed by atoms with Crippen LogP contribution in [0.1, 0.15) is 19.3 Å². The molecule has 0 saturated carbocycles. The van der Waals surface area contributed by atoms with Crippen molar-refractivity contribution >= 4 is 70.3 Å². The van der Waals surface area contributed by atoms with Gasteiger partial charge in [0, 0.05) is 19.2 Å². The second-order valence-corrected chi connectivity index (χ2v) is 4.86. The molecule has 0 amide bonds. The fourth-order valence-corrected chi connectivity index (χ4v) is 0.427. The Morgan fingerprint density at radius 3 is 0.710 bits per heavy atom. The number of carbonyl (C=O) groups is 4. The molecule has 0 rings (SSSR count). The minimum atomic E-state index is -0.730. The van der Waals surface area contributed by atoms with Crippen LogP contribution in [0.25, 0.3) is 23.8 Å². The predicted octanol–water partition coefficient (Wildman–Crippen LogP) is 1.60. The van der Waals surface area contributed by atoms with Crippen LogP contribution in [-0.2, 0) is 61.3 Å². The number of hydrogen-bond donors (Lipinski definition) is 0. The third-order valence-corrected chi connectivity index (χ3v) is 2.31. The van der Waals surface area contributed by atoms with Gasteiger partial charge in [-0.15, -0.1) is 46.4 Å². The average Bonchev–Trinajstić information content (AvgIpc) is 2.63. The Kier molecular flexibility index (Phi) is 107. The summed E-state index contributed by atoms with van der Waals surface area (Å²) in [5.74, 6) is -3.70. The molecule has 18 heteroatoms. The topological polar surface area (TPSA) is 274 Å². The van der Waals surface area contributed by atoms with Gasteiger partial charge in [-0.2, -0.15) is 13.1 Å². The van der Waals surface area contributed by atoms with E-state index < -0.39 is 23.9 Å². The van der Waals surface area contributed by atoms with Gasteiger partial charge in [0.25, 0.3) is 0 Å². The van der Waals surface area contributed by atoms with Gasteiger partial charge in [-0.1, -0.05) is 19.3 Å². The zero-order valence-electron chi connectivity index (χ0n) is 16.3. The number of nitrogens with one attached hydrogen (secondary N) is 2. The van der Waals surface area contributed by atoms with Crippen LogP contribution in [0.15, 0.2) is 0 Å². The van der Waals surface area contributed by atoms with Crippen molar-refractivity contribution in [1.29, 1.82) is 0 Å². The molecule has 0 aliphatic carbocycles. The third-order valence-electron chi connectivity index (χ3n) is 1.34. The monoisotopic (exact) mass is 902 g/mol. The SMILES string of the molecule is O=C([OH2+])CCl.O=C([OH2+])CCl.O=C([OH2+])CCl.O=C([OH2+])CCl.[NH-]CCCCC[NH-].[NH2-].[NH2-].[Pt+4].[Pt+4]. The number of carbonyl (C=O) groups excluding carboxylic acids is 4. The third kappa shape index (κ3) is 161. The van der Waals surface area contributed by atoms with Gasteiger partial charge in [-0.25, -0.2) is 0 Å².